The molecule has 16 heavy (non-hydrogen) atoms. The van der Waals surface area contributed by atoms with Gasteiger partial charge in [0.25, 0.3) is 0 Å². The fraction of sp³-hybridized carbons (Fsp3) is 0.385. The monoisotopic (exact) mass is 222 g/mol. The Morgan fingerprint density at radius 1 is 1.38 bits per heavy atom. The molecule has 3 heteroatoms. The highest BCUT2D eigenvalue weighted by Crippen LogP contribution is 2.07. The van der Waals surface area contributed by atoms with Crippen LogP contribution in [0.3, 0.4) is 0 Å². The number of hydrogen-bond acceptors (Lipinski definition) is 3. The number of carbonyl (C=O) groups is 2. The van der Waals surface area contributed by atoms with E-state index in [2.05, 4.69) is 0 Å². The molecule has 86 valence electrons. The molecule has 0 heterocycles. The van der Waals surface area contributed by atoms with Crippen LogP contribution in [0.4, 0.5) is 0 Å². The Morgan fingerprint density at radius 2 is 2.00 bits per heavy atom. The maximum Gasteiger partial charge on any atom is 0.338 e. The molecule has 0 saturated heterocycles. The minimum absolute atomic E-state index is 0.390. The second-order valence-electron chi connectivity index (χ2n) is 3.45. The van der Waals surface area contributed by atoms with E-state index in [1.54, 1.807) is 30.3 Å². The van der Waals surface area contributed by atoms with Crippen LogP contribution in [-0.4, -0.2) is 17.9 Å². The molecule has 0 spiro atoms. The Balaban J connectivity index is 2.62. The molecule has 0 aliphatic heterocycles. The topological polar surface area (TPSA) is 43.4 Å². The summed E-state index contributed by atoms with van der Waals surface area (Å²) in [6, 6.07) is 8.42. The predicted octanol–water partition coefficient (Wildman–Crippen LogP) is 2.60. The van der Waals surface area contributed by atoms with E-state index in [-0.39, 0.29) is 0 Å². The molecule has 0 aromatic heterocycles. The van der Waals surface area contributed by atoms with Gasteiger partial charge in [0.2, 0.25) is 0 Å². The molecule has 3 nitrogen and oxygen atoms in total. The van der Waals surface area contributed by atoms with E-state index in [1.807, 2.05) is 0 Å². The first kappa shape index (κ1) is 9.58. The largest absolute Gasteiger partial charge is 0.459 e. The zero-order valence-electron chi connectivity index (χ0n) is 11.3. The van der Waals surface area contributed by atoms with E-state index in [4.69, 9.17) is 7.48 Å². The molecule has 1 aromatic rings. The lowest BCUT2D eigenvalue weighted by molar-refractivity contribution is -0.117. The van der Waals surface area contributed by atoms with Gasteiger partial charge in [0, 0.05) is 9.14 Å². The molecule has 0 amide bonds. The van der Waals surface area contributed by atoms with Crippen molar-refractivity contribution in [3.05, 3.63) is 35.9 Å². The Hall–Kier alpha value is -1.64. The summed E-state index contributed by atoms with van der Waals surface area (Å²) in [5, 5.41) is 0. The molecule has 3 atom stereocenters. The van der Waals surface area contributed by atoms with Gasteiger partial charge < -0.3 is 9.53 Å². The van der Waals surface area contributed by atoms with E-state index in [0.29, 0.717) is 5.56 Å². The lowest BCUT2D eigenvalue weighted by atomic mass is 10.1. The number of ketones is 1. The SMILES string of the molecule is [2H][C@H]([C@H](C)OC(=O)c1ccccc1)[C@@H]([2H])C(C)=O. The Morgan fingerprint density at radius 3 is 2.56 bits per heavy atom. The van der Waals surface area contributed by atoms with Gasteiger partial charge in [-0.15, -0.1) is 0 Å². The van der Waals surface area contributed by atoms with Crippen LogP contribution in [0.15, 0.2) is 30.3 Å². The van der Waals surface area contributed by atoms with Crippen molar-refractivity contribution < 1.29 is 17.1 Å². The van der Waals surface area contributed by atoms with Crippen molar-refractivity contribution in [2.45, 2.75) is 32.7 Å². The summed E-state index contributed by atoms with van der Waals surface area (Å²) >= 11 is 0. The Bertz CT molecular complexity index is 420. The van der Waals surface area contributed by atoms with Crippen molar-refractivity contribution in [1.82, 2.24) is 0 Å². The van der Waals surface area contributed by atoms with Crippen LogP contribution in [0.5, 0.6) is 0 Å². The second kappa shape index (κ2) is 6.05. The summed E-state index contributed by atoms with van der Waals surface area (Å²) in [6.07, 6.45) is -3.07. The number of ether oxygens (including phenoxy) is 1. The van der Waals surface area contributed by atoms with Gasteiger partial charge in [-0.3, -0.25) is 0 Å². The second-order valence-corrected chi connectivity index (χ2v) is 3.45. The molecule has 0 N–H and O–H groups in total. The quantitative estimate of drug-likeness (QED) is 0.719. The number of carbonyl (C=O) groups excluding carboxylic acids is 2. The molecule has 0 unspecified atom stereocenters. The van der Waals surface area contributed by atoms with Crippen molar-refractivity contribution >= 4 is 11.8 Å². The average molecular weight is 222 g/mol. The molecule has 0 radical (unpaired) electrons. The fourth-order valence-electron chi connectivity index (χ4n) is 1.12. The maximum absolute atomic E-state index is 11.7. The molecule has 0 saturated carbocycles. The van der Waals surface area contributed by atoms with E-state index in [0.717, 1.165) is 0 Å². The van der Waals surface area contributed by atoms with Gasteiger partial charge in [-0.2, -0.15) is 0 Å². The smallest absolute Gasteiger partial charge is 0.338 e. The van der Waals surface area contributed by atoms with Crippen LogP contribution in [0, 0.1) is 0 Å². The first-order valence-corrected chi connectivity index (χ1v) is 5.04. The van der Waals surface area contributed by atoms with Crippen LogP contribution in [0.25, 0.3) is 0 Å². The van der Waals surface area contributed by atoms with E-state index in [9.17, 15) is 9.59 Å². The van der Waals surface area contributed by atoms with Gasteiger partial charge in [0.05, 0.1) is 11.7 Å². The van der Waals surface area contributed by atoms with Gasteiger partial charge in [-0.1, -0.05) is 18.2 Å². The van der Waals surface area contributed by atoms with Crippen LogP contribution in [0.2, 0.25) is 0 Å². The van der Waals surface area contributed by atoms with Crippen LogP contribution < -0.4 is 0 Å². The van der Waals surface area contributed by atoms with Crippen molar-refractivity contribution in [3.8, 4) is 0 Å². The van der Waals surface area contributed by atoms with Crippen molar-refractivity contribution in [1.29, 1.82) is 0 Å². The molecule has 1 aromatic carbocycles. The normalized spacial score (nSPS) is 17.6. The van der Waals surface area contributed by atoms with E-state index in [1.165, 1.54) is 13.8 Å². The maximum atomic E-state index is 11.7. The minimum atomic E-state index is -1.19. The lowest BCUT2D eigenvalue weighted by Crippen LogP contribution is -2.15. The van der Waals surface area contributed by atoms with Gasteiger partial charge in [0.15, 0.2) is 0 Å². The van der Waals surface area contributed by atoms with Gasteiger partial charge >= 0.3 is 5.97 Å². The third-order valence-electron chi connectivity index (χ3n) is 1.90. The number of rotatable bonds is 5. The number of benzene rings is 1. The fourth-order valence-corrected chi connectivity index (χ4v) is 1.12. The third-order valence-corrected chi connectivity index (χ3v) is 1.90. The zero-order chi connectivity index (χ0) is 13.7. The highest BCUT2D eigenvalue weighted by atomic mass is 16.5. The first-order valence-electron chi connectivity index (χ1n) is 6.20. The molecular formula is C13H16O3. The van der Waals surface area contributed by atoms with Gasteiger partial charge in [0.1, 0.15) is 5.78 Å². The molecule has 1 rings (SSSR count). The zero-order valence-corrected chi connectivity index (χ0v) is 9.34. The van der Waals surface area contributed by atoms with Crippen LogP contribution >= 0.6 is 0 Å². The van der Waals surface area contributed by atoms with Gasteiger partial charge in [-0.05, 0) is 32.4 Å². The summed E-state index contributed by atoms with van der Waals surface area (Å²) in [5.41, 5.74) is 0.390. The molecule has 0 aliphatic rings. The highest BCUT2D eigenvalue weighted by Gasteiger charge is 2.11. The summed E-state index contributed by atoms with van der Waals surface area (Å²) < 4.78 is 20.2. The summed E-state index contributed by atoms with van der Waals surface area (Å²) in [5.74, 6) is -0.950. The van der Waals surface area contributed by atoms with Gasteiger partial charge in [-0.25, -0.2) is 4.79 Å². The van der Waals surface area contributed by atoms with Crippen molar-refractivity contribution in [3.63, 3.8) is 0 Å². The Kier molecular flexibility index (Phi) is 3.62. The first-order chi connectivity index (χ1) is 8.43. The molecule has 0 fully saturated rings. The number of esters is 1. The van der Waals surface area contributed by atoms with Crippen molar-refractivity contribution in [2.75, 3.05) is 0 Å². The summed E-state index contributed by atoms with van der Waals surface area (Å²) in [4.78, 5) is 22.7. The molecule has 0 aliphatic carbocycles. The summed E-state index contributed by atoms with van der Waals surface area (Å²) in [7, 11) is 0. The average Bonchev–Trinajstić information content (AvgIpc) is 2.37. The van der Waals surface area contributed by atoms with E-state index < -0.39 is 30.7 Å². The van der Waals surface area contributed by atoms with Crippen LogP contribution in [-0.2, 0) is 9.53 Å². The Labute approximate surface area is 98.2 Å². The lowest BCUT2D eigenvalue weighted by Gasteiger charge is -2.12. The van der Waals surface area contributed by atoms with E-state index >= 15 is 0 Å². The highest BCUT2D eigenvalue weighted by molar-refractivity contribution is 5.89. The third kappa shape index (κ3) is 4.26. The number of hydrogen-bond donors (Lipinski definition) is 0. The predicted molar refractivity (Wildman–Crippen MR) is 61.2 cm³/mol. The van der Waals surface area contributed by atoms with Crippen LogP contribution in [0.1, 0.15) is 39.7 Å². The van der Waals surface area contributed by atoms with Crippen molar-refractivity contribution in [2.24, 2.45) is 0 Å². The summed E-state index contributed by atoms with van der Waals surface area (Å²) in [6.45, 7) is 2.77. The minimum Gasteiger partial charge on any atom is -0.459 e. The molecule has 0 bridgehead atoms. The number of Topliss-reactive ketones (excluding diaryl/α,β-unsaturated/α-hetero) is 1. The molecular weight excluding hydrogens is 204 g/mol. The standard InChI is InChI=1S/C13H16O3/c1-10(14)8-9-11(2)16-13(15)12-6-4-3-5-7-12/h3-7,11H,8-9H2,1-2H3/t11-/m0/s1/i8D,9D/t8-,9+,11+/m1.